The van der Waals surface area contributed by atoms with Gasteiger partial charge in [0.05, 0.1) is 6.42 Å². The van der Waals surface area contributed by atoms with Gasteiger partial charge in [0.1, 0.15) is 0 Å². The van der Waals surface area contributed by atoms with Gasteiger partial charge in [0, 0.05) is 29.4 Å². The molecule has 7 nitrogen and oxygen atoms in total. The predicted molar refractivity (Wildman–Crippen MR) is 121 cm³/mol. The van der Waals surface area contributed by atoms with Gasteiger partial charge in [0.25, 0.3) is 5.78 Å². The zero-order valence-electron chi connectivity index (χ0n) is 17.7. The fourth-order valence-corrected chi connectivity index (χ4v) is 3.96. The fourth-order valence-electron chi connectivity index (χ4n) is 3.96. The molecule has 0 radical (unpaired) electrons. The summed E-state index contributed by atoms with van der Waals surface area (Å²) in [6.07, 6.45) is 1.05. The first-order chi connectivity index (χ1) is 15.0. The first kappa shape index (κ1) is 20.5. The van der Waals surface area contributed by atoms with E-state index in [1.807, 2.05) is 26.0 Å². The number of aryl methyl sites for hydroxylation is 2. The number of anilines is 1. The van der Waals surface area contributed by atoms with Crippen molar-refractivity contribution in [3.8, 4) is 0 Å². The molecule has 31 heavy (non-hydrogen) atoms. The van der Waals surface area contributed by atoms with Gasteiger partial charge in [-0.15, -0.1) is 5.10 Å². The molecule has 1 amide bonds. The van der Waals surface area contributed by atoms with Crippen LogP contribution in [0.25, 0.3) is 5.78 Å². The van der Waals surface area contributed by atoms with Crippen molar-refractivity contribution >= 4 is 17.6 Å². The highest BCUT2D eigenvalue weighted by Gasteiger charge is 2.17. The SMILES string of the molecule is Cc1nc2nc(N)nn2c(C)c1CC(=O)NCCC(c1ccccc1)c1ccccc1. The Morgan fingerprint density at radius 2 is 1.61 bits per heavy atom. The average molecular weight is 415 g/mol. The van der Waals surface area contributed by atoms with Gasteiger partial charge in [-0.2, -0.15) is 9.50 Å². The van der Waals surface area contributed by atoms with Crippen LogP contribution in [0.1, 0.15) is 40.4 Å². The van der Waals surface area contributed by atoms with Crippen molar-refractivity contribution in [3.05, 3.63) is 88.7 Å². The molecule has 0 fully saturated rings. The van der Waals surface area contributed by atoms with Gasteiger partial charge in [0.15, 0.2) is 0 Å². The van der Waals surface area contributed by atoms with E-state index in [0.29, 0.717) is 12.3 Å². The number of aromatic nitrogens is 4. The van der Waals surface area contributed by atoms with E-state index in [0.717, 1.165) is 23.4 Å². The van der Waals surface area contributed by atoms with Crippen LogP contribution in [0.2, 0.25) is 0 Å². The molecule has 2 aromatic heterocycles. The zero-order valence-corrected chi connectivity index (χ0v) is 17.7. The molecule has 4 aromatic rings. The number of nitrogen functional groups attached to an aromatic ring is 1. The molecule has 0 spiro atoms. The van der Waals surface area contributed by atoms with Crippen molar-refractivity contribution in [3.63, 3.8) is 0 Å². The van der Waals surface area contributed by atoms with E-state index in [9.17, 15) is 4.79 Å². The van der Waals surface area contributed by atoms with Crippen LogP contribution in [0.5, 0.6) is 0 Å². The first-order valence-electron chi connectivity index (χ1n) is 10.4. The summed E-state index contributed by atoms with van der Waals surface area (Å²) in [5, 5.41) is 7.24. The van der Waals surface area contributed by atoms with E-state index in [1.165, 1.54) is 11.1 Å². The standard InChI is InChI=1S/C24H26N6O/c1-16-21(17(2)30-24(27-16)28-23(25)29-30)15-22(31)26-14-13-20(18-9-5-3-6-10-18)19-11-7-4-8-12-19/h3-12,20H,13-15H2,1-2H3,(H2,25,29)(H,26,31). The summed E-state index contributed by atoms with van der Waals surface area (Å²) < 4.78 is 1.59. The second kappa shape index (κ2) is 8.95. The number of fused-ring (bicyclic) bond motifs is 1. The summed E-state index contributed by atoms with van der Waals surface area (Å²) in [7, 11) is 0. The molecule has 3 N–H and O–H groups in total. The molecule has 0 aliphatic rings. The lowest BCUT2D eigenvalue weighted by Crippen LogP contribution is -2.28. The number of hydrogen-bond donors (Lipinski definition) is 2. The Bertz CT molecular complexity index is 1150. The van der Waals surface area contributed by atoms with Crippen molar-refractivity contribution in [2.75, 3.05) is 12.3 Å². The summed E-state index contributed by atoms with van der Waals surface area (Å²) in [5.74, 6) is 0.803. The smallest absolute Gasteiger partial charge is 0.254 e. The zero-order chi connectivity index (χ0) is 21.8. The molecule has 2 heterocycles. The van der Waals surface area contributed by atoms with Crippen LogP contribution < -0.4 is 11.1 Å². The largest absolute Gasteiger partial charge is 0.366 e. The van der Waals surface area contributed by atoms with E-state index in [2.05, 4.69) is 68.9 Å². The Labute approximate surface area is 181 Å². The summed E-state index contributed by atoms with van der Waals surface area (Å²) in [6.45, 7) is 4.36. The summed E-state index contributed by atoms with van der Waals surface area (Å²) in [6, 6.07) is 20.8. The van der Waals surface area contributed by atoms with Gasteiger partial charge >= 0.3 is 0 Å². The van der Waals surface area contributed by atoms with Crippen LogP contribution >= 0.6 is 0 Å². The third kappa shape index (κ3) is 4.55. The molecule has 0 saturated carbocycles. The van der Waals surface area contributed by atoms with E-state index in [1.54, 1.807) is 4.52 Å². The molecule has 7 heteroatoms. The van der Waals surface area contributed by atoms with Gasteiger partial charge in [-0.1, -0.05) is 60.7 Å². The number of rotatable bonds is 7. The molecule has 0 unspecified atom stereocenters. The molecule has 2 aromatic carbocycles. The van der Waals surface area contributed by atoms with Crippen LogP contribution in [0, 0.1) is 13.8 Å². The molecule has 0 atom stereocenters. The Morgan fingerprint density at radius 1 is 1.00 bits per heavy atom. The number of benzene rings is 2. The molecular formula is C24H26N6O. The van der Waals surface area contributed by atoms with E-state index in [-0.39, 0.29) is 24.2 Å². The number of nitrogens with zero attached hydrogens (tertiary/aromatic N) is 4. The Hall–Kier alpha value is -3.74. The maximum atomic E-state index is 12.7. The van der Waals surface area contributed by atoms with E-state index in [4.69, 9.17) is 5.73 Å². The highest BCUT2D eigenvalue weighted by molar-refractivity contribution is 5.79. The van der Waals surface area contributed by atoms with Crippen molar-refractivity contribution < 1.29 is 4.79 Å². The molecule has 158 valence electrons. The molecule has 0 aliphatic carbocycles. The van der Waals surface area contributed by atoms with Crippen LogP contribution in [-0.2, 0) is 11.2 Å². The van der Waals surface area contributed by atoms with Crippen molar-refractivity contribution in [2.45, 2.75) is 32.6 Å². The normalized spacial score (nSPS) is 11.2. The van der Waals surface area contributed by atoms with Crippen LogP contribution in [0.3, 0.4) is 0 Å². The summed E-state index contributed by atoms with van der Waals surface area (Å²) in [4.78, 5) is 21.2. The topological polar surface area (TPSA) is 98.2 Å². The molecular weight excluding hydrogens is 388 g/mol. The first-order valence-corrected chi connectivity index (χ1v) is 10.4. The third-order valence-corrected chi connectivity index (χ3v) is 5.56. The van der Waals surface area contributed by atoms with Gasteiger partial charge < -0.3 is 11.1 Å². The number of carbonyl (C=O) groups is 1. The lowest BCUT2D eigenvalue weighted by molar-refractivity contribution is -0.120. The number of amides is 1. The minimum absolute atomic E-state index is 0.0414. The van der Waals surface area contributed by atoms with Gasteiger partial charge in [-0.3, -0.25) is 4.79 Å². The molecule has 0 saturated heterocycles. The number of nitrogens with one attached hydrogen (secondary N) is 1. The lowest BCUT2D eigenvalue weighted by atomic mass is 9.88. The van der Waals surface area contributed by atoms with Gasteiger partial charge in [-0.05, 0) is 31.4 Å². The Balaban J connectivity index is 1.44. The molecule has 4 rings (SSSR count). The highest BCUT2D eigenvalue weighted by atomic mass is 16.1. The number of hydrogen-bond acceptors (Lipinski definition) is 5. The van der Waals surface area contributed by atoms with Gasteiger partial charge in [-0.25, -0.2) is 4.98 Å². The minimum atomic E-state index is -0.0414. The summed E-state index contributed by atoms with van der Waals surface area (Å²) in [5.41, 5.74) is 10.6. The van der Waals surface area contributed by atoms with Crippen molar-refractivity contribution in [1.82, 2.24) is 24.9 Å². The quantitative estimate of drug-likeness (QED) is 0.484. The second-order valence-corrected chi connectivity index (χ2v) is 7.63. The van der Waals surface area contributed by atoms with Crippen molar-refractivity contribution in [1.29, 1.82) is 0 Å². The van der Waals surface area contributed by atoms with Crippen molar-refractivity contribution in [2.24, 2.45) is 0 Å². The third-order valence-electron chi connectivity index (χ3n) is 5.56. The average Bonchev–Trinajstić information content (AvgIpc) is 3.15. The molecule has 0 aliphatic heterocycles. The maximum Gasteiger partial charge on any atom is 0.254 e. The monoisotopic (exact) mass is 414 g/mol. The predicted octanol–water partition coefficient (Wildman–Crippen LogP) is 3.20. The Kier molecular flexibility index (Phi) is 5.93. The maximum absolute atomic E-state index is 12.7. The Morgan fingerprint density at radius 3 is 2.23 bits per heavy atom. The van der Waals surface area contributed by atoms with Crippen LogP contribution in [0.4, 0.5) is 5.95 Å². The van der Waals surface area contributed by atoms with E-state index >= 15 is 0 Å². The fraction of sp³-hybridized carbons (Fsp3) is 0.250. The number of nitrogens with two attached hydrogens (primary N) is 1. The van der Waals surface area contributed by atoms with Crippen LogP contribution in [0.15, 0.2) is 60.7 Å². The summed E-state index contributed by atoms with van der Waals surface area (Å²) >= 11 is 0. The van der Waals surface area contributed by atoms with Crippen LogP contribution in [-0.4, -0.2) is 32.0 Å². The second-order valence-electron chi connectivity index (χ2n) is 7.63. The minimum Gasteiger partial charge on any atom is -0.366 e. The highest BCUT2D eigenvalue weighted by Crippen LogP contribution is 2.27. The lowest BCUT2D eigenvalue weighted by Gasteiger charge is -2.18. The van der Waals surface area contributed by atoms with Gasteiger partial charge in [0.2, 0.25) is 11.9 Å². The molecule has 0 bridgehead atoms. The van der Waals surface area contributed by atoms with E-state index < -0.39 is 0 Å². The number of carbonyl (C=O) groups excluding carboxylic acids is 1.